The number of allylic oxidation sites excluding steroid dienone is 1. The molecule has 7 nitrogen and oxygen atoms in total. The van der Waals surface area contributed by atoms with Crippen molar-refractivity contribution in [3.8, 4) is 11.9 Å². The molecular formula is C14H12N6OS. The number of nitrogens with two attached hydrogens (primary N) is 2. The van der Waals surface area contributed by atoms with Crippen molar-refractivity contribution >= 4 is 17.6 Å². The normalized spacial score (nSPS) is 16.6. The molecule has 0 bridgehead atoms. The van der Waals surface area contributed by atoms with E-state index in [1.54, 1.807) is 18.5 Å². The van der Waals surface area contributed by atoms with E-state index in [4.69, 9.17) is 16.2 Å². The lowest BCUT2D eigenvalue weighted by Gasteiger charge is -2.26. The number of fused-ring (bicyclic) bond motifs is 1. The van der Waals surface area contributed by atoms with Gasteiger partial charge >= 0.3 is 0 Å². The molecule has 2 aromatic heterocycles. The van der Waals surface area contributed by atoms with Gasteiger partial charge in [0.1, 0.15) is 17.5 Å². The van der Waals surface area contributed by atoms with E-state index in [-0.39, 0.29) is 23.2 Å². The second kappa shape index (κ2) is 5.54. The monoisotopic (exact) mass is 312 g/mol. The minimum atomic E-state index is -0.488. The van der Waals surface area contributed by atoms with Crippen molar-refractivity contribution in [3.05, 3.63) is 47.1 Å². The summed E-state index contributed by atoms with van der Waals surface area (Å²) in [5.41, 5.74) is 13.5. The number of nitrogens with zero attached hydrogens (tertiary/aromatic N) is 4. The summed E-state index contributed by atoms with van der Waals surface area (Å²) in [6.45, 7) is 0. The second-order valence-corrected chi connectivity index (χ2v) is 5.30. The Balaban J connectivity index is 2.26. The van der Waals surface area contributed by atoms with Crippen molar-refractivity contribution < 1.29 is 4.74 Å². The average molecular weight is 312 g/mol. The lowest BCUT2D eigenvalue weighted by atomic mass is 9.85. The fourth-order valence-electron chi connectivity index (χ4n) is 2.33. The largest absolute Gasteiger partial charge is 0.422 e. The highest BCUT2D eigenvalue weighted by atomic mass is 32.2. The van der Waals surface area contributed by atoms with Crippen LogP contribution in [0.2, 0.25) is 0 Å². The summed E-state index contributed by atoms with van der Waals surface area (Å²) in [7, 11) is 0. The summed E-state index contributed by atoms with van der Waals surface area (Å²) in [5, 5.41) is 9.92. The van der Waals surface area contributed by atoms with Crippen molar-refractivity contribution in [1.29, 1.82) is 5.26 Å². The van der Waals surface area contributed by atoms with Gasteiger partial charge in [0.2, 0.25) is 11.8 Å². The van der Waals surface area contributed by atoms with Crippen LogP contribution in [0.25, 0.3) is 0 Å². The van der Waals surface area contributed by atoms with Crippen LogP contribution in [0.1, 0.15) is 17.0 Å². The molecule has 1 aliphatic rings. The highest BCUT2D eigenvalue weighted by molar-refractivity contribution is 7.98. The molecule has 4 N–H and O–H groups in total. The summed E-state index contributed by atoms with van der Waals surface area (Å²) in [6.07, 6.45) is 5.15. The van der Waals surface area contributed by atoms with Gasteiger partial charge in [-0.1, -0.05) is 17.8 Å². The zero-order chi connectivity index (χ0) is 15.7. The van der Waals surface area contributed by atoms with Crippen molar-refractivity contribution in [1.82, 2.24) is 15.0 Å². The molecule has 3 rings (SSSR count). The first kappa shape index (κ1) is 14.2. The third-order valence-corrected chi connectivity index (χ3v) is 3.84. The van der Waals surface area contributed by atoms with Crippen LogP contribution in [-0.4, -0.2) is 21.2 Å². The number of aromatic nitrogens is 3. The highest BCUT2D eigenvalue weighted by Crippen LogP contribution is 2.43. The fraction of sp³-hybridized carbons (Fsp3) is 0.143. The Bertz CT molecular complexity index is 799. The maximum atomic E-state index is 9.44. The lowest BCUT2D eigenvalue weighted by Crippen LogP contribution is -2.23. The van der Waals surface area contributed by atoms with Gasteiger partial charge in [0, 0.05) is 12.4 Å². The van der Waals surface area contributed by atoms with Gasteiger partial charge in [-0.05, 0) is 17.9 Å². The molecule has 0 fully saturated rings. The van der Waals surface area contributed by atoms with Gasteiger partial charge in [-0.2, -0.15) is 10.2 Å². The van der Waals surface area contributed by atoms with E-state index >= 15 is 0 Å². The molecule has 8 heteroatoms. The van der Waals surface area contributed by atoms with E-state index in [0.717, 1.165) is 5.56 Å². The molecule has 3 heterocycles. The van der Waals surface area contributed by atoms with E-state index in [0.29, 0.717) is 10.7 Å². The molecule has 22 heavy (non-hydrogen) atoms. The van der Waals surface area contributed by atoms with Crippen molar-refractivity contribution in [2.75, 3.05) is 12.0 Å². The standard InChI is InChI=1S/C14H12N6OS/c1-22-14-19-11(16)10-9(7-3-2-4-18-6-7)8(5-15)12(17)21-13(10)20-14/h2-4,6,9H,17H2,1H3,(H2,16,19,20)/t9-/m0/s1. The number of hydrogen-bond donors (Lipinski definition) is 2. The van der Waals surface area contributed by atoms with E-state index in [9.17, 15) is 5.26 Å². The molecule has 1 atom stereocenters. The van der Waals surface area contributed by atoms with Crippen molar-refractivity contribution in [2.24, 2.45) is 5.73 Å². The number of pyridine rings is 1. The van der Waals surface area contributed by atoms with Crippen LogP contribution in [-0.2, 0) is 0 Å². The van der Waals surface area contributed by atoms with Gasteiger partial charge in [0.15, 0.2) is 5.16 Å². The van der Waals surface area contributed by atoms with Crippen LogP contribution in [0.3, 0.4) is 0 Å². The maximum absolute atomic E-state index is 9.44. The minimum absolute atomic E-state index is 0.0222. The quantitative estimate of drug-likeness (QED) is 0.630. The van der Waals surface area contributed by atoms with Gasteiger partial charge in [-0.25, -0.2) is 4.98 Å². The SMILES string of the molecule is CSc1nc(N)c2c(n1)OC(N)=C(C#N)[C@@H]2c1cccnc1. The number of nitriles is 1. The lowest BCUT2D eigenvalue weighted by molar-refractivity contribution is 0.373. The average Bonchev–Trinajstić information content (AvgIpc) is 2.54. The van der Waals surface area contributed by atoms with Crippen LogP contribution in [0.4, 0.5) is 5.82 Å². The highest BCUT2D eigenvalue weighted by Gasteiger charge is 2.34. The Kier molecular flexibility index (Phi) is 3.56. The Hall–Kier alpha value is -2.79. The molecule has 0 amide bonds. The number of rotatable bonds is 2. The first-order valence-corrected chi connectivity index (χ1v) is 7.57. The van der Waals surface area contributed by atoms with Gasteiger partial charge in [-0.3, -0.25) is 4.98 Å². The molecule has 0 aromatic carbocycles. The van der Waals surface area contributed by atoms with Gasteiger partial charge in [0.05, 0.1) is 11.5 Å². The molecule has 0 saturated carbocycles. The third-order valence-electron chi connectivity index (χ3n) is 3.29. The molecule has 0 aliphatic carbocycles. The second-order valence-electron chi connectivity index (χ2n) is 4.53. The van der Waals surface area contributed by atoms with Crippen LogP contribution in [0.15, 0.2) is 41.1 Å². The first-order valence-electron chi connectivity index (χ1n) is 6.34. The van der Waals surface area contributed by atoms with Gasteiger partial charge < -0.3 is 16.2 Å². The van der Waals surface area contributed by atoms with Crippen molar-refractivity contribution in [3.63, 3.8) is 0 Å². The molecule has 0 radical (unpaired) electrons. The summed E-state index contributed by atoms with van der Waals surface area (Å²) < 4.78 is 5.48. The van der Waals surface area contributed by atoms with Gasteiger partial charge in [-0.15, -0.1) is 0 Å². The molecular weight excluding hydrogens is 300 g/mol. The smallest absolute Gasteiger partial charge is 0.231 e. The molecule has 0 saturated heterocycles. The Morgan fingerprint density at radius 1 is 1.36 bits per heavy atom. The Morgan fingerprint density at radius 3 is 2.82 bits per heavy atom. The summed E-state index contributed by atoms with van der Waals surface area (Å²) in [6, 6.07) is 5.71. The Labute approximate surface area is 131 Å². The van der Waals surface area contributed by atoms with E-state index < -0.39 is 5.92 Å². The van der Waals surface area contributed by atoms with E-state index in [2.05, 4.69) is 21.0 Å². The number of ether oxygens (including phenoxy) is 1. The van der Waals surface area contributed by atoms with E-state index in [1.807, 2.05) is 12.3 Å². The number of hydrogen-bond acceptors (Lipinski definition) is 8. The Morgan fingerprint density at radius 2 is 2.18 bits per heavy atom. The van der Waals surface area contributed by atoms with Gasteiger partial charge in [0.25, 0.3) is 0 Å². The predicted octanol–water partition coefficient (Wildman–Crippen LogP) is 1.39. The third kappa shape index (κ3) is 2.21. The zero-order valence-corrected chi connectivity index (χ0v) is 12.5. The van der Waals surface area contributed by atoms with Crippen molar-refractivity contribution in [2.45, 2.75) is 11.1 Å². The van der Waals surface area contributed by atoms with E-state index in [1.165, 1.54) is 11.8 Å². The van der Waals surface area contributed by atoms with Crippen LogP contribution in [0, 0.1) is 11.3 Å². The molecule has 2 aromatic rings. The maximum Gasteiger partial charge on any atom is 0.231 e. The summed E-state index contributed by atoms with van der Waals surface area (Å²) in [4.78, 5) is 12.6. The van der Waals surface area contributed by atoms with Crippen LogP contribution >= 0.6 is 11.8 Å². The number of thioether (sulfide) groups is 1. The summed E-state index contributed by atoms with van der Waals surface area (Å²) in [5.74, 6) is 0.0815. The molecule has 0 unspecified atom stereocenters. The zero-order valence-electron chi connectivity index (χ0n) is 11.6. The molecule has 110 valence electrons. The number of anilines is 1. The first-order chi connectivity index (χ1) is 10.7. The topological polar surface area (TPSA) is 124 Å². The molecule has 0 spiro atoms. The molecule has 1 aliphatic heterocycles. The summed E-state index contributed by atoms with van der Waals surface area (Å²) >= 11 is 1.34. The predicted molar refractivity (Wildman–Crippen MR) is 81.8 cm³/mol. The fourth-order valence-corrected chi connectivity index (χ4v) is 2.69. The van der Waals surface area contributed by atoms with Crippen LogP contribution in [0.5, 0.6) is 5.88 Å². The number of nitrogen functional groups attached to an aromatic ring is 1. The minimum Gasteiger partial charge on any atom is -0.422 e. The van der Waals surface area contributed by atoms with Crippen LogP contribution < -0.4 is 16.2 Å².